The minimum Gasteiger partial charge on any atom is -0.504 e. The summed E-state index contributed by atoms with van der Waals surface area (Å²) in [5.74, 6) is 0.892. The zero-order valence-electron chi connectivity index (χ0n) is 14.2. The van der Waals surface area contributed by atoms with Crippen LogP contribution >= 0.6 is 11.3 Å². The molecule has 0 spiro atoms. The number of nitrogens with one attached hydrogen (secondary N) is 1. The lowest BCUT2D eigenvalue weighted by Crippen LogP contribution is -2.37. The van der Waals surface area contributed by atoms with Gasteiger partial charge in [-0.15, -0.1) is 11.3 Å². The van der Waals surface area contributed by atoms with Gasteiger partial charge in [0, 0.05) is 28.4 Å². The molecule has 1 unspecified atom stereocenters. The fraction of sp³-hybridized carbons (Fsp3) is 0.421. The Morgan fingerprint density at radius 3 is 3.00 bits per heavy atom. The van der Waals surface area contributed by atoms with E-state index < -0.39 is 0 Å². The molecule has 2 N–H and O–H groups in total. The van der Waals surface area contributed by atoms with Crippen LogP contribution in [0.25, 0.3) is 10.4 Å². The fourth-order valence-corrected chi connectivity index (χ4v) is 4.40. The Balaban J connectivity index is 1.65. The quantitative estimate of drug-likeness (QED) is 0.867. The van der Waals surface area contributed by atoms with Gasteiger partial charge in [0.05, 0.1) is 12.5 Å². The molecule has 1 amide bonds. The van der Waals surface area contributed by atoms with E-state index in [2.05, 4.69) is 24.4 Å². The monoisotopic (exact) mass is 358 g/mol. The molecule has 0 saturated carbocycles. The summed E-state index contributed by atoms with van der Waals surface area (Å²) in [4.78, 5) is 17.0. The van der Waals surface area contributed by atoms with Crippen molar-refractivity contribution in [3.63, 3.8) is 0 Å². The van der Waals surface area contributed by atoms with Gasteiger partial charge in [-0.25, -0.2) is 0 Å². The van der Waals surface area contributed by atoms with Gasteiger partial charge in [-0.1, -0.05) is 0 Å². The lowest BCUT2D eigenvalue weighted by molar-refractivity contribution is -0.135. The molecule has 5 nitrogen and oxygen atoms in total. The number of hydrogen-bond donors (Lipinski definition) is 2. The summed E-state index contributed by atoms with van der Waals surface area (Å²) in [6, 6.07) is 7.93. The van der Waals surface area contributed by atoms with Gasteiger partial charge in [-0.3, -0.25) is 4.79 Å². The number of benzene rings is 1. The highest BCUT2D eigenvalue weighted by atomic mass is 32.1. The normalized spacial score (nSPS) is 20.0. The topological polar surface area (TPSA) is 61.8 Å². The zero-order chi connectivity index (χ0) is 17.4. The molecule has 132 valence electrons. The molecule has 1 aromatic carbocycles. The highest BCUT2D eigenvalue weighted by Gasteiger charge is 2.29. The number of ether oxygens (including phenoxy) is 1. The van der Waals surface area contributed by atoms with Crippen LogP contribution in [0, 0.1) is 12.8 Å². The summed E-state index contributed by atoms with van der Waals surface area (Å²) in [7, 11) is 0. The van der Waals surface area contributed by atoms with Gasteiger partial charge in [0.15, 0.2) is 11.5 Å². The van der Waals surface area contributed by atoms with Crippen LogP contribution in [0.4, 0.5) is 0 Å². The van der Waals surface area contributed by atoms with E-state index in [-0.39, 0.29) is 17.6 Å². The van der Waals surface area contributed by atoms with Crippen molar-refractivity contribution in [3.8, 4) is 21.9 Å². The van der Waals surface area contributed by atoms with E-state index in [1.54, 1.807) is 17.4 Å². The Morgan fingerprint density at radius 2 is 2.28 bits per heavy atom. The maximum Gasteiger partial charge on any atom is 0.227 e. The summed E-state index contributed by atoms with van der Waals surface area (Å²) >= 11 is 1.69. The number of nitrogens with zero attached hydrogens (tertiary/aromatic N) is 1. The molecule has 2 aromatic rings. The summed E-state index contributed by atoms with van der Waals surface area (Å²) in [6.07, 6.45) is 0.892. The Bertz CT molecular complexity index is 796. The standard InChI is InChI=1S/C19H22N2O3S/c1-12-2-3-17(25-12)14-8-15-11-21(19(23)13-4-5-20-10-13)6-7-24-18(15)16(22)9-14/h2-3,8-9,13,20,22H,4-7,10-11H2,1H3. The third-order valence-corrected chi connectivity index (χ3v) is 5.91. The van der Waals surface area contributed by atoms with Gasteiger partial charge in [-0.2, -0.15) is 0 Å². The smallest absolute Gasteiger partial charge is 0.227 e. The summed E-state index contributed by atoms with van der Waals surface area (Å²) in [6.45, 7) is 5.16. The first-order chi connectivity index (χ1) is 12.1. The molecule has 1 fully saturated rings. The van der Waals surface area contributed by atoms with E-state index in [1.165, 1.54) is 4.88 Å². The molecule has 0 radical (unpaired) electrons. The second kappa shape index (κ2) is 6.69. The van der Waals surface area contributed by atoms with Crippen molar-refractivity contribution in [1.29, 1.82) is 0 Å². The summed E-state index contributed by atoms with van der Waals surface area (Å²) in [5, 5.41) is 13.7. The molecule has 1 saturated heterocycles. The van der Waals surface area contributed by atoms with Crippen molar-refractivity contribution in [3.05, 3.63) is 34.7 Å². The second-order valence-corrected chi connectivity index (χ2v) is 7.98. The lowest BCUT2D eigenvalue weighted by Gasteiger charge is -2.23. The number of hydrogen-bond acceptors (Lipinski definition) is 5. The first kappa shape index (κ1) is 16.4. The first-order valence-corrected chi connectivity index (χ1v) is 9.48. The van der Waals surface area contributed by atoms with Crippen molar-refractivity contribution < 1.29 is 14.6 Å². The Hall–Kier alpha value is -2.05. The van der Waals surface area contributed by atoms with Crippen molar-refractivity contribution in [2.45, 2.75) is 19.9 Å². The highest BCUT2D eigenvalue weighted by Crippen LogP contribution is 2.39. The number of rotatable bonds is 2. The minimum atomic E-state index is 0.0540. The van der Waals surface area contributed by atoms with Crippen molar-refractivity contribution >= 4 is 17.2 Å². The Labute approximate surface area is 151 Å². The third kappa shape index (κ3) is 3.24. The number of fused-ring (bicyclic) bond motifs is 1. The van der Waals surface area contributed by atoms with Crippen LogP contribution in [-0.2, 0) is 11.3 Å². The molecule has 2 aliphatic rings. The van der Waals surface area contributed by atoms with Crippen molar-refractivity contribution in [2.24, 2.45) is 5.92 Å². The number of carbonyl (C=O) groups is 1. The van der Waals surface area contributed by atoms with Gasteiger partial charge < -0.3 is 20.1 Å². The Morgan fingerprint density at radius 1 is 1.40 bits per heavy atom. The number of amides is 1. The maximum atomic E-state index is 12.8. The van der Waals surface area contributed by atoms with Crippen LogP contribution in [0.3, 0.4) is 0 Å². The fourth-order valence-electron chi connectivity index (χ4n) is 3.54. The molecule has 6 heteroatoms. The molecule has 4 rings (SSSR count). The van der Waals surface area contributed by atoms with Crippen LogP contribution < -0.4 is 10.1 Å². The second-order valence-electron chi connectivity index (χ2n) is 6.69. The van der Waals surface area contributed by atoms with E-state index in [9.17, 15) is 9.90 Å². The molecule has 1 aromatic heterocycles. The van der Waals surface area contributed by atoms with Crippen molar-refractivity contribution in [1.82, 2.24) is 10.2 Å². The Kier molecular flexibility index (Phi) is 4.39. The van der Waals surface area contributed by atoms with E-state index in [4.69, 9.17) is 4.74 Å². The zero-order valence-corrected chi connectivity index (χ0v) is 15.1. The maximum absolute atomic E-state index is 12.8. The van der Waals surface area contributed by atoms with Gasteiger partial charge in [0.2, 0.25) is 5.91 Å². The molecular weight excluding hydrogens is 336 g/mol. The largest absolute Gasteiger partial charge is 0.504 e. The summed E-state index contributed by atoms with van der Waals surface area (Å²) in [5.41, 5.74) is 1.84. The van der Waals surface area contributed by atoms with Crippen LogP contribution in [-0.4, -0.2) is 42.2 Å². The van der Waals surface area contributed by atoms with E-state index >= 15 is 0 Å². The minimum absolute atomic E-state index is 0.0540. The van der Waals surface area contributed by atoms with E-state index in [0.29, 0.717) is 25.4 Å². The van der Waals surface area contributed by atoms with Crippen LogP contribution in [0.2, 0.25) is 0 Å². The van der Waals surface area contributed by atoms with E-state index in [1.807, 2.05) is 11.0 Å². The lowest BCUT2D eigenvalue weighted by atomic mass is 10.0. The van der Waals surface area contributed by atoms with E-state index in [0.717, 1.165) is 35.5 Å². The van der Waals surface area contributed by atoms with Gasteiger partial charge in [-0.05, 0) is 49.7 Å². The average molecular weight is 358 g/mol. The molecule has 0 bridgehead atoms. The number of phenolic OH excluding ortho intramolecular Hbond substituents is 1. The van der Waals surface area contributed by atoms with Gasteiger partial charge in [0.1, 0.15) is 6.61 Å². The average Bonchev–Trinajstić information content (AvgIpc) is 3.22. The number of aryl methyl sites for hydroxylation is 1. The molecule has 0 aliphatic carbocycles. The molecular formula is C19H22N2O3S. The molecule has 1 atom stereocenters. The molecule has 3 heterocycles. The number of aromatic hydroxyl groups is 1. The molecule has 25 heavy (non-hydrogen) atoms. The van der Waals surface area contributed by atoms with Crippen molar-refractivity contribution in [2.75, 3.05) is 26.2 Å². The molecule has 2 aliphatic heterocycles. The van der Waals surface area contributed by atoms with Gasteiger partial charge >= 0.3 is 0 Å². The predicted octanol–water partition coefficient (Wildman–Crippen LogP) is 2.76. The van der Waals surface area contributed by atoms with Gasteiger partial charge in [0.25, 0.3) is 0 Å². The SMILES string of the molecule is Cc1ccc(-c2cc(O)c3c(c2)CN(C(=O)C2CCNC2)CCO3)s1. The van der Waals surface area contributed by atoms with Crippen LogP contribution in [0.15, 0.2) is 24.3 Å². The predicted molar refractivity (Wildman–Crippen MR) is 98.0 cm³/mol. The summed E-state index contributed by atoms with van der Waals surface area (Å²) < 4.78 is 5.76. The number of phenols is 1. The van der Waals surface area contributed by atoms with Crippen LogP contribution in [0.5, 0.6) is 11.5 Å². The highest BCUT2D eigenvalue weighted by molar-refractivity contribution is 7.15. The van der Waals surface area contributed by atoms with Crippen LogP contribution in [0.1, 0.15) is 16.9 Å². The third-order valence-electron chi connectivity index (χ3n) is 4.86. The number of carbonyl (C=O) groups excluding carboxylic acids is 1. The first-order valence-electron chi connectivity index (χ1n) is 8.67. The number of thiophene rings is 1.